The minimum absolute atomic E-state index is 0.0186. The van der Waals surface area contributed by atoms with Crippen molar-refractivity contribution in [3.05, 3.63) is 0 Å². The van der Waals surface area contributed by atoms with Crippen molar-refractivity contribution in [3.8, 4) is 0 Å². The maximum atomic E-state index is 11.4. The first-order valence-corrected chi connectivity index (χ1v) is 7.23. The zero-order valence-electron chi connectivity index (χ0n) is 13.5. The molecular weight excluding hydrogens is 276 g/mol. The van der Waals surface area contributed by atoms with E-state index in [2.05, 4.69) is 10.2 Å². The molecule has 122 valence electrons. The number of nitrogens with one attached hydrogen (secondary N) is 1. The molecule has 1 N–H and O–H groups in total. The lowest BCUT2D eigenvalue weighted by molar-refractivity contribution is -0.201. The van der Waals surface area contributed by atoms with E-state index in [-0.39, 0.29) is 18.7 Å². The molecule has 0 saturated heterocycles. The van der Waals surface area contributed by atoms with Gasteiger partial charge in [-0.1, -0.05) is 27.7 Å². The molecule has 7 heteroatoms. The third-order valence-electron chi connectivity index (χ3n) is 2.21. The van der Waals surface area contributed by atoms with Crippen LogP contribution in [-0.4, -0.2) is 35.3 Å². The summed E-state index contributed by atoms with van der Waals surface area (Å²) in [6, 6.07) is 0. The molecular formula is C14H26N2O5. The van der Waals surface area contributed by atoms with Gasteiger partial charge in [0.25, 0.3) is 11.8 Å². The van der Waals surface area contributed by atoms with E-state index >= 15 is 0 Å². The van der Waals surface area contributed by atoms with Crippen molar-refractivity contribution in [1.29, 1.82) is 0 Å². The second kappa shape index (κ2) is 13.1. The summed E-state index contributed by atoms with van der Waals surface area (Å²) < 4.78 is 0. The SMILES string of the molecule is CC.CCC(=O)NCCCC(=O)ON(C(C)=O)C(=O)CC. The Labute approximate surface area is 126 Å². The van der Waals surface area contributed by atoms with Crippen LogP contribution in [0.2, 0.25) is 0 Å². The Hall–Kier alpha value is -1.92. The van der Waals surface area contributed by atoms with E-state index in [9.17, 15) is 19.2 Å². The van der Waals surface area contributed by atoms with E-state index in [1.165, 1.54) is 0 Å². The number of carbonyl (C=O) groups is 4. The highest BCUT2D eigenvalue weighted by Crippen LogP contribution is 2.01. The van der Waals surface area contributed by atoms with E-state index in [0.717, 1.165) is 6.92 Å². The molecule has 0 unspecified atom stereocenters. The smallest absolute Gasteiger partial charge is 0.333 e. The number of amides is 3. The summed E-state index contributed by atoms with van der Waals surface area (Å²) in [6.45, 7) is 8.78. The van der Waals surface area contributed by atoms with Crippen LogP contribution in [0, 0.1) is 0 Å². The Morgan fingerprint density at radius 2 is 1.62 bits per heavy atom. The molecule has 0 atom stereocenters. The maximum absolute atomic E-state index is 11.4. The minimum Gasteiger partial charge on any atom is -0.356 e. The summed E-state index contributed by atoms with van der Waals surface area (Å²) in [5.41, 5.74) is 0. The fourth-order valence-corrected chi connectivity index (χ4v) is 1.17. The van der Waals surface area contributed by atoms with Gasteiger partial charge in [-0.15, -0.1) is 5.06 Å². The first-order valence-electron chi connectivity index (χ1n) is 7.23. The molecule has 0 bridgehead atoms. The van der Waals surface area contributed by atoms with Gasteiger partial charge in [-0.25, -0.2) is 4.79 Å². The van der Waals surface area contributed by atoms with Gasteiger partial charge in [0.2, 0.25) is 5.91 Å². The molecule has 0 fully saturated rings. The van der Waals surface area contributed by atoms with Crippen molar-refractivity contribution in [1.82, 2.24) is 10.4 Å². The summed E-state index contributed by atoms with van der Waals surface area (Å²) in [6.07, 6.45) is 0.856. The van der Waals surface area contributed by atoms with Gasteiger partial charge in [-0.2, -0.15) is 0 Å². The predicted octanol–water partition coefficient (Wildman–Crippen LogP) is 1.56. The molecule has 0 aliphatic rings. The van der Waals surface area contributed by atoms with Crippen LogP contribution in [0.25, 0.3) is 0 Å². The summed E-state index contributed by atoms with van der Waals surface area (Å²) in [5.74, 6) is -1.98. The minimum atomic E-state index is -0.678. The summed E-state index contributed by atoms with van der Waals surface area (Å²) in [5, 5.41) is 3.07. The number of hydrogen-bond acceptors (Lipinski definition) is 5. The molecule has 0 aromatic heterocycles. The number of nitrogens with zero attached hydrogens (tertiary/aromatic N) is 1. The monoisotopic (exact) mass is 302 g/mol. The van der Waals surface area contributed by atoms with E-state index in [0.29, 0.717) is 24.4 Å². The summed E-state index contributed by atoms with van der Waals surface area (Å²) in [4.78, 5) is 49.4. The maximum Gasteiger partial charge on any atom is 0.333 e. The van der Waals surface area contributed by atoms with Crippen molar-refractivity contribution in [2.24, 2.45) is 0 Å². The van der Waals surface area contributed by atoms with Crippen LogP contribution in [0.1, 0.15) is 60.3 Å². The number of hydroxylamine groups is 2. The van der Waals surface area contributed by atoms with E-state index in [4.69, 9.17) is 0 Å². The largest absolute Gasteiger partial charge is 0.356 e. The van der Waals surface area contributed by atoms with Crippen molar-refractivity contribution < 1.29 is 24.0 Å². The van der Waals surface area contributed by atoms with Gasteiger partial charge in [-0.05, 0) is 6.42 Å². The van der Waals surface area contributed by atoms with Gasteiger partial charge in [0.15, 0.2) is 0 Å². The van der Waals surface area contributed by atoms with Gasteiger partial charge in [0.05, 0.1) is 0 Å². The average molecular weight is 302 g/mol. The number of imide groups is 1. The Bertz CT molecular complexity index is 355. The Morgan fingerprint density at radius 3 is 2.05 bits per heavy atom. The summed E-state index contributed by atoms with van der Waals surface area (Å²) in [7, 11) is 0. The van der Waals surface area contributed by atoms with E-state index in [1.807, 2.05) is 13.8 Å². The van der Waals surface area contributed by atoms with Crippen molar-refractivity contribution in [2.45, 2.75) is 60.3 Å². The molecule has 0 aliphatic carbocycles. The van der Waals surface area contributed by atoms with E-state index < -0.39 is 17.8 Å². The van der Waals surface area contributed by atoms with Crippen LogP contribution in [-0.2, 0) is 24.0 Å². The Morgan fingerprint density at radius 1 is 1.05 bits per heavy atom. The zero-order chi connectivity index (χ0) is 16.8. The number of rotatable bonds is 6. The highest BCUT2D eigenvalue weighted by molar-refractivity contribution is 5.93. The van der Waals surface area contributed by atoms with Crippen LogP contribution >= 0.6 is 0 Å². The Balaban J connectivity index is 0. The van der Waals surface area contributed by atoms with Gasteiger partial charge < -0.3 is 10.2 Å². The average Bonchev–Trinajstić information content (AvgIpc) is 2.49. The molecule has 0 aromatic carbocycles. The lowest BCUT2D eigenvalue weighted by Crippen LogP contribution is -2.37. The summed E-state index contributed by atoms with van der Waals surface area (Å²) >= 11 is 0. The normalized spacial score (nSPS) is 9.00. The second-order valence-corrected chi connectivity index (χ2v) is 3.83. The quantitative estimate of drug-likeness (QED) is 0.593. The first kappa shape index (κ1) is 21.4. The molecule has 3 amide bonds. The Kier molecular flexibility index (Phi) is 13.3. The fourth-order valence-electron chi connectivity index (χ4n) is 1.17. The van der Waals surface area contributed by atoms with Crippen LogP contribution in [0.15, 0.2) is 0 Å². The van der Waals surface area contributed by atoms with Crippen molar-refractivity contribution in [2.75, 3.05) is 6.54 Å². The molecule has 0 aliphatic heterocycles. The zero-order valence-corrected chi connectivity index (χ0v) is 13.5. The second-order valence-electron chi connectivity index (χ2n) is 3.83. The highest BCUT2D eigenvalue weighted by Gasteiger charge is 2.21. The van der Waals surface area contributed by atoms with E-state index in [1.54, 1.807) is 13.8 Å². The molecule has 21 heavy (non-hydrogen) atoms. The molecule has 0 saturated carbocycles. The third-order valence-corrected chi connectivity index (χ3v) is 2.21. The van der Waals surface area contributed by atoms with Crippen molar-refractivity contribution in [3.63, 3.8) is 0 Å². The third kappa shape index (κ3) is 10.5. The van der Waals surface area contributed by atoms with Gasteiger partial charge >= 0.3 is 5.97 Å². The van der Waals surface area contributed by atoms with Crippen LogP contribution < -0.4 is 5.32 Å². The van der Waals surface area contributed by atoms with Crippen LogP contribution in [0.3, 0.4) is 0 Å². The number of carbonyl (C=O) groups excluding carboxylic acids is 4. The standard InChI is InChI=1S/C12H20N2O5.C2H6/c1-4-10(16)13-8-6-7-12(18)19-14(9(3)15)11(17)5-2;1-2/h4-8H2,1-3H3,(H,13,16);1-2H3. The van der Waals surface area contributed by atoms with Crippen molar-refractivity contribution >= 4 is 23.7 Å². The first-order chi connectivity index (χ1) is 9.92. The van der Waals surface area contributed by atoms with Gasteiger partial charge in [-0.3, -0.25) is 14.4 Å². The number of hydrogen-bond donors (Lipinski definition) is 1. The van der Waals surface area contributed by atoms with Crippen LogP contribution in [0.4, 0.5) is 0 Å². The molecule has 0 aromatic rings. The molecule has 0 rings (SSSR count). The predicted molar refractivity (Wildman–Crippen MR) is 77.8 cm³/mol. The lowest BCUT2D eigenvalue weighted by atomic mass is 10.3. The highest BCUT2D eigenvalue weighted by atomic mass is 16.7. The van der Waals surface area contributed by atoms with Gasteiger partial charge in [0, 0.05) is 32.7 Å². The topological polar surface area (TPSA) is 92.8 Å². The molecule has 0 radical (unpaired) electrons. The fraction of sp³-hybridized carbons (Fsp3) is 0.714. The molecule has 7 nitrogen and oxygen atoms in total. The lowest BCUT2D eigenvalue weighted by Gasteiger charge is -2.16. The van der Waals surface area contributed by atoms with Crippen LogP contribution in [0.5, 0.6) is 0 Å². The van der Waals surface area contributed by atoms with Gasteiger partial charge in [0.1, 0.15) is 0 Å². The molecule has 0 heterocycles. The molecule has 0 spiro atoms.